The molecular formula is C23H17IN2O. The van der Waals surface area contributed by atoms with Crippen LogP contribution in [0.1, 0.15) is 16.7 Å². The highest BCUT2D eigenvalue weighted by atomic mass is 127. The van der Waals surface area contributed by atoms with Crippen molar-refractivity contribution in [2.24, 2.45) is 0 Å². The number of benzene rings is 3. The van der Waals surface area contributed by atoms with Gasteiger partial charge in [0.25, 0.3) is 5.56 Å². The molecule has 4 aromatic rings. The number of hydrogen-bond acceptors (Lipinski definition) is 2. The van der Waals surface area contributed by atoms with Crippen molar-refractivity contribution in [3.05, 3.63) is 134 Å². The maximum absolute atomic E-state index is 13.1. The van der Waals surface area contributed by atoms with Gasteiger partial charge in [0.1, 0.15) is 5.54 Å². The molecule has 27 heavy (non-hydrogen) atoms. The van der Waals surface area contributed by atoms with Crippen LogP contribution in [0.3, 0.4) is 0 Å². The quantitative estimate of drug-likeness (QED) is 0.325. The minimum atomic E-state index is -0.856. The summed E-state index contributed by atoms with van der Waals surface area (Å²) in [6, 6.07) is 31.8. The van der Waals surface area contributed by atoms with Gasteiger partial charge in [-0.1, -0.05) is 91.0 Å². The maximum Gasteiger partial charge on any atom is 0.269 e. The van der Waals surface area contributed by atoms with E-state index in [1.165, 1.54) is 0 Å². The summed E-state index contributed by atoms with van der Waals surface area (Å²) in [5.74, 6) is 0. The lowest BCUT2D eigenvalue weighted by atomic mass is 9.77. The predicted molar refractivity (Wildman–Crippen MR) is 116 cm³/mol. The first kappa shape index (κ1) is 17.7. The molecule has 132 valence electrons. The second-order valence-corrected chi connectivity index (χ2v) is 7.48. The molecule has 0 amide bonds. The minimum Gasteiger partial charge on any atom is -0.268 e. The van der Waals surface area contributed by atoms with Crippen molar-refractivity contribution in [1.29, 1.82) is 0 Å². The second kappa shape index (κ2) is 7.48. The Balaban J connectivity index is 2.18. The van der Waals surface area contributed by atoms with Crippen molar-refractivity contribution in [2.75, 3.05) is 0 Å². The highest BCUT2D eigenvalue weighted by Gasteiger charge is 2.40. The van der Waals surface area contributed by atoms with Gasteiger partial charge in [-0.2, -0.15) is 5.10 Å². The normalized spacial score (nSPS) is 11.3. The molecule has 0 atom stereocenters. The zero-order valence-corrected chi connectivity index (χ0v) is 16.7. The van der Waals surface area contributed by atoms with Gasteiger partial charge >= 0.3 is 0 Å². The van der Waals surface area contributed by atoms with Crippen molar-refractivity contribution < 1.29 is 0 Å². The van der Waals surface area contributed by atoms with Crippen molar-refractivity contribution in [1.82, 2.24) is 9.78 Å². The molecule has 0 bridgehead atoms. The topological polar surface area (TPSA) is 34.9 Å². The van der Waals surface area contributed by atoms with E-state index in [9.17, 15) is 4.79 Å². The SMILES string of the molecule is O=c1cc(I)cnn1C(c1ccccc1)(c1ccccc1)c1ccccc1. The molecule has 1 heterocycles. The fourth-order valence-electron chi connectivity index (χ4n) is 3.54. The van der Waals surface area contributed by atoms with Crippen LogP contribution in [0.4, 0.5) is 0 Å². The summed E-state index contributed by atoms with van der Waals surface area (Å²) in [6.45, 7) is 0. The summed E-state index contributed by atoms with van der Waals surface area (Å²) in [5.41, 5.74) is 1.96. The molecular weight excluding hydrogens is 447 g/mol. The van der Waals surface area contributed by atoms with Gasteiger partial charge in [-0.25, -0.2) is 4.68 Å². The van der Waals surface area contributed by atoms with Gasteiger partial charge in [-0.15, -0.1) is 0 Å². The zero-order valence-electron chi connectivity index (χ0n) is 14.5. The van der Waals surface area contributed by atoms with E-state index in [1.54, 1.807) is 16.9 Å². The van der Waals surface area contributed by atoms with Crippen LogP contribution in [0.5, 0.6) is 0 Å². The van der Waals surface area contributed by atoms with Crippen molar-refractivity contribution in [2.45, 2.75) is 5.54 Å². The molecule has 0 aliphatic rings. The van der Waals surface area contributed by atoms with Crippen LogP contribution in [-0.4, -0.2) is 9.78 Å². The van der Waals surface area contributed by atoms with Gasteiger partial charge in [0, 0.05) is 9.64 Å². The molecule has 0 radical (unpaired) electrons. The average Bonchev–Trinajstić information content (AvgIpc) is 2.72. The van der Waals surface area contributed by atoms with Gasteiger partial charge in [-0.05, 0) is 39.3 Å². The first-order chi connectivity index (χ1) is 13.2. The lowest BCUT2D eigenvalue weighted by Gasteiger charge is -2.36. The molecule has 0 saturated carbocycles. The van der Waals surface area contributed by atoms with Gasteiger partial charge in [0.05, 0.1) is 6.20 Å². The summed E-state index contributed by atoms with van der Waals surface area (Å²) in [4.78, 5) is 13.1. The molecule has 0 fully saturated rings. The Morgan fingerprint density at radius 3 is 1.48 bits per heavy atom. The van der Waals surface area contributed by atoms with E-state index in [0.717, 1.165) is 20.3 Å². The van der Waals surface area contributed by atoms with E-state index in [-0.39, 0.29) is 5.56 Å². The van der Waals surface area contributed by atoms with Gasteiger partial charge < -0.3 is 0 Å². The highest BCUT2D eigenvalue weighted by Crippen LogP contribution is 2.39. The van der Waals surface area contributed by atoms with E-state index >= 15 is 0 Å². The Kier molecular flexibility index (Phi) is 4.90. The summed E-state index contributed by atoms with van der Waals surface area (Å²) < 4.78 is 2.41. The predicted octanol–water partition coefficient (Wildman–Crippen LogP) is 4.69. The Morgan fingerprint density at radius 1 is 0.704 bits per heavy atom. The smallest absolute Gasteiger partial charge is 0.268 e. The molecule has 0 spiro atoms. The molecule has 3 nitrogen and oxygen atoms in total. The Labute approximate surface area is 171 Å². The Morgan fingerprint density at radius 2 is 1.11 bits per heavy atom. The van der Waals surface area contributed by atoms with E-state index < -0.39 is 5.54 Å². The lowest BCUT2D eigenvalue weighted by Crippen LogP contribution is -2.45. The van der Waals surface area contributed by atoms with E-state index in [2.05, 4.69) is 27.7 Å². The number of aromatic nitrogens is 2. The molecule has 0 aliphatic heterocycles. The first-order valence-electron chi connectivity index (χ1n) is 8.65. The monoisotopic (exact) mass is 464 g/mol. The molecule has 0 saturated heterocycles. The van der Waals surface area contributed by atoms with E-state index in [4.69, 9.17) is 0 Å². The van der Waals surface area contributed by atoms with Crippen LogP contribution < -0.4 is 5.56 Å². The van der Waals surface area contributed by atoms with Crippen molar-refractivity contribution in [3.63, 3.8) is 0 Å². The Bertz CT molecular complexity index is 997. The molecule has 0 unspecified atom stereocenters. The summed E-state index contributed by atoms with van der Waals surface area (Å²) in [6.07, 6.45) is 1.73. The number of nitrogens with zero attached hydrogens (tertiary/aromatic N) is 2. The maximum atomic E-state index is 13.1. The minimum absolute atomic E-state index is 0.140. The average molecular weight is 464 g/mol. The zero-order chi connectivity index (χ0) is 18.7. The van der Waals surface area contributed by atoms with E-state index in [0.29, 0.717) is 0 Å². The summed E-state index contributed by atoms with van der Waals surface area (Å²) in [5, 5.41) is 4.58. The van der Waals surface area contributed by atoms with Crippen LogP contribution in [0.2, 0.25) is 0 Å². The fraction of sp³-hybridized carbons (Fsp3) is 0.0435. The summed E-state index contributed by atoms with van der Waals surface area (Å²) in [7, 11) is 0. The Hall–Kier alpha value is -2.73. The number of rotatable bonds is 4. The van der Waals surface area contributed by atoms with Crippen LogP contribution in [0, 0.1) is 3.57 Å². The third kappa shape index (κ3) is 3.10. The second-order valence-electron chi connectivity index (χ2n) is 6.23. The molecule has 4 rings (SSSR count). The number of hydrogen-bond donors (Lipinski definition) is 0. The van der Waals surface area contributed by atoms with Crippen LogP contribution in [0.25, 0.3) is 0 Å². The van der Waals surface area contributed by atoms with Crippen LogP contribution in [0.15, 0.2) is 108 Å². The standard InChI is InChI=1S/C23H17IN2O/c24-21-16-22(27)26(25-17-21)23(18-10-4-1-5-11-18,19-12-6-2-7-13-19)20-14-8-3-9-15-20/h1-17H. The van der Waals surface area contributed by atoms with Gasteiger partial charge in [-0.3, -0.25) is 4.79 Å². The highest BCUT2D eigenvalue weighted by molar-refractivity contribution is 14.1. The molecule has 4 heteroatoms. The van der Waals surface area contributed by atoms with Gasteiger partial charge in [0.15, 0.2) is 0 Å². The molecule has 0 N–H and O–H groups in total. The lowest BCUT2D eigenvalue weighted by molar-refractivity contribution is 0.435. The first-order valence-corrected chi connectivity index (χ1v) is 9.73. The van der Waals surface area contributed by atoms with Gasteiger partial charge in [0.2, 0.25) is 0 Å². The molecule has 3 aromatic carbocycles. The third-order valence-electron chi connectivity index (χ3n) is 4.66. The third-order valence-corrected chi connectivity index (χ3v) is 5.25. The van der Waals surface area contributed by atoms with E-state index in [1.807, 2.05) is 91.0 Å². The summed E-state index contributed by atoms with van der Waals surface area (Å²) >= 11 is 2.12. The largest absolute Gasteiger partial charge is 0.269 e. The molecule has 0 aliphatic carbocycles. The molecule has 1 aromatic heterocycles. The number of halogens is 1. The van der Waals surface area contributed by atoms with Crippen LogP contribution in [-0.2, 0) is 5.54 Å². The fourth-order valence-corrected chi connectivity index (χ4v) is 3.93. The van der Waals surface area contributed by atoms with Crippen molar-refractivity contribution in [3.8, 4) is 0 Å². The van der Waals surface area contributed by atoms with Crippen molar-refractivity contribution >= 4 is 22.6 Å². The van der Waals surface area contributed by atoms with Crippen LogP contribution >= 0.6 is 22.6 Å².